The number of hydrogen-bond donors (Lipinski definition) is 2. The first-order valence-corrected chi connectivity index (χ1v) is 6.44. The van der Waals surface area contributed by atoms with Gasteiger partial charge in [-0.1, -0.05) is 17.7 Å². The van der Waals surface area contributed by atoms with Gasteiger partial charge in [-0.05, 0) is 36.7 Å². The lowest BCUT2D eigenvalue weighted by molar-refractivity contribution is 0.426. The summed E-state index contributed by atoms with van der Waals surface area (Å²) < 4.78 is 14.0. The average Bonchev–Trinajstić information content (AvgIpc) is 2.48. The molecular formula is C15H12BFN2O2. The molecule has 0 aliphatic rings. The standard InChI is InChI=1S/C15H12BFN2O2/c1-9-4-5-13(17)11(7-9)14-8-12(16(20)21)10-3-2-6-18-15(10)19-14/h2-8,20-21H,1H3. The maximum atomic E-state index is 14.0. The van der Waals surface area contributed by atoms with Gasteiger partial charge in [-0.3, -0.25) is 0 Å². The Kier molecular flexibility index (Phi) is 3.41. The SMILES string of the molecule is Cc1ccc(F)c(-c2cc(B(O)O)c3cccnc3n2)c1. The number of fused-ring (bicyclic) bond motifs is 1. The molecule has 104 valence electrons. The lowest BCUT2D eigenvalue weighted by Gasteiger charge is -2.09. The van der Waals surface area contributed by atoms with E-state index in [9.17, 15) is 14.4 Å². The minimum Gasteiger partial charge on any atom is -0.423 e. The van der Waals surface area contributed by atoms with Crippen molar-refractivity contribution in [3.63, 3.8) is 0 Å². The molecule has 0 unspecified atom stereocenters. The van der Waals surface area contributed by atoms with Gasteiger partial charge >= 0.3 is 7.12 Å². The molecule has 21 heavy (non-hydrogen) atoms. The van der Waals surface area contributed by atoms with E-state index in [4.69, 9.17) is 0 Å². The molecule has 0 aliphatic heterocycles. The molecule has 0 saturated heterocycles. The summed E-state index contributed by atoms with van der Waals surface area (Å²) in [6.07, 6.45) is 1.55. The van der Waals surface area contributed by atoms with Crippen LogP contribution in [0.1, 0.15) is 5.56 Å². The van der Waals surface area contributed by atoms with Crippen LogP contribution in [0.4, 0.5) is 4.39 Å². The van der Waals surface area contributed by atoms with E-state index in [1.54, 1.807) is 30.5 Å². The molecule has 3 rings (SSSR count). The number of aryl methyl sites for hydroxylation is 1. The number of rotatable bonds is 2. The van der Waals surface area contributed by atoms with E-state index in [0.29, 0.717) is 22.3 Å². The van der Waals surface area contributed by atoms with Crippen LogP contribution in [0.5, 0.6) is 0 Å². The predicted octanol–water partition coefficient (Wildman–Crippen LogP) is 1.42. The predicted molar refractivity (Wildman–Crippen MR) is 79.5 cm³/mol. The highest BCUT2D eigenvalue weighted by Gasteiger charge is 2.19. The Morgan fingerprint density at radius 3 is 2.71 bits per heavy atom. The Bertz CT molecular complexity index is 824. The van der Waals surface area contributed by atoms with Crippen LogP contribution in [0.25, 0.3) is 22.3 Å². The van der Waals surface area contributed by atoms with Gasteiger partial charge in [-0.15, -0.1) is 0 Å². The fraction of sp³-hybridized carbons (Fsp3) is 0.0667. The smallest absolute Gasteiger partial charge is 0.423 e. The molecule has 0 amide bonds. The first-order chi connectivity index (χ1) is 10.1. The van der Waals surface area contributed by atoms with Crippen LogP contribution in [0, 0.1) is 12.7 Å². The lowest BCUT2D eigenvalue weighted by atomic mass is 9.78. The normalized spacial score (nSPS) is 10.9. The lowest BCUT2D eigenvalue weighted by Crippen LogP contribution is -2.31. The maximum Gasteiger partial charge on any atom is 0.489 e. The summed E-state index contributed by atoms with van der Waals surface area (Å²) in [5.41, 5.74) is 2.12. The number of nitrogens with zero attached hydrogens (tertiary/aromatic N) is 2. The summed E-state index contributed by atoms with van der Waals surface area (Å²) in [7, 11) is -1.67. The highest BCUT2D eigenvalue weighted by Crippen LogP contribution is 2.23. The fourth-order valence-corrected chi connectivity index (χ4v) is 2.27. The van der Waals surface area contributed by atoms with Crippen molar-refractivity contribution in [2.24, 2.45) is 0 Å². The zero-order valence-corrected chi connectivity index (χ0v) is 11.3. The Labute approximate surface area is 121 Å². The van der Waals surface area contributed by atoms with Gasteiger partial charge in [-0.2, -0.15) is 0 Å². The molecular weight excluding hydrogens is 270 g/mol. The molecule has 2 N–H and O–H groups in total. The van der Waals surface area contributed by atoms with Gasteiger partial charge in [0, 0.05) is 17.1 Å². The molecule has 1 aromatic carbocycles. The summed E-state index contributed by atoms with van der Waals surface area (Å²) in [5, 5.41) is 19.6. The molecule has 0 radical (unpaired) electrons. The molecule has 2 aromatic heterocycles. The molecule has 0 bridgehead atoms. The highest BCUT2D eigenvalue weighted by molar-refractivity contribution is 6.62. The average molecular weight is 282 g/mol. The third kappa shape index (κ3) is 2.51. The third-order valence-corrected chi connectivity index (χ3v) is 3.29. The summed E-state index contributed by atoms with van der Waals surface area (Å²) >= 11 is 0. The minimum atomic E-state index is -1.67. The van der Waals surface area contributed by atoms with Gasteiger partial charge in [0.15, 0.2) is 5.65 Å². The van der Waals surface area contributed by atoms with Crippen molar-refractivity contribution >= 4 is 23.6 Å². The van der Waals surface area contributed by atoms with Crippen molar-refractivity contribution in [3.05, 3.63) is 54.0 Å². The second-order valence-electron chi connectivity index (χ2n) is 4.83. The van der Waals surface area contributed by atoms with E-state index >= 15 is 0 Å². The van der Waals surface area contributed by atoms with Crippen molar-refractivity contribution < 1.29 is 14.4 Å². The Morgan fingerprint density at radius 2 is 1.95 bits per heavy atom. The van der Waals surface area contributed by atoms with Crippen LogP contribution in [0.3, 0.4) is 0 Å². The zero-order chi connectivity index (χ0) is 15.0. The van der Waals surface area contributed by atoms with Crippen LogP contribution in [0.15, 0.2) is 42.6 Å². The quantitative estimate of drug-likeness (QED) is 0.698. The summed E-state index contributed by atoms with van der Waals surface area (Å²) in [4.78, 5) is 8.42. The number of benzene rings is 1. The maximum absolute atomic E-state index is 14.0. The van der Waals surface area contributed by atoms with Gasteiger partial charge in [0.25, 0.3) is 0 Å². The zero-order valence-electron chi connectivity index (χ0n) is 11.3. The van der Waals surface area contributed by atoms with Gasteiger partial charge in [0.2, 0.25) is 0 Å². The Hall–Kier alpha value is -2.31. The first-order valence-electron chi connectivity index (χ1n) is 6.44. The van der Waals surface area contributed by atoms with Gasteiger partial charge in [0.1, 0.15) is 5.82 Å². The van der Waals surface area contributed by atoms with Crippen molar-refractivity contribution in [1.82, 2.24) is 9.97 Å². The second kappa shape index (κ2) is 5.23. The van der Waals surface area contributed by atoms with E-state index in [2.05, 4.69) is 9.97 Å². The largest absolute Gasteiger partial charge is 0.489 e. The van der Waals surface area contributed by atoms with Gasteiger partial charge in [0.05, 0.1) is 5.69 Å². The summed E-state index contributed by atoms with van der Waals surface area (Å²) in [5.74, 6) is -0.415. The molecule has 6 heteroatoms. The van der Waals surface area contributed by atoms with E-state index in [1.165, 1.54) is 12.1 Å². The monoisotopic (exact) mass is 282 g/mol. The Morgan fingerprint density at radius 1 is 1.14 bits per heavy atom. The Balaban J connectivity index is 2.31. The van der Waals surface area contributed by atoms with E-state index in [-0.39, 0.29) is 5.46 Å². The van der Waals surface area contributed by atoms with E-state index in [0.717, 1.165) is 5.56 Å². The molecule has 0 saturated carbocycles. The van der Waals surface area contributed by atoms with Crippen LogP contribution in [0.2, 0.25) is 0 Å². The minimum absolute atomic E-state index is 0.254. The molecule has 0 spiro atoms. The molecule has 0 aliphatic carbocycles. The van der Waals surface area contributed by atoms with Crippen LogP contribution >= 0.6 is 0 Å². The number of pyridine rings is 2. The number of aromatic nitrogens is 2. The number of halogens is 1. The van der Waals surface area contributed by atoms with Crippen molar-refractivity contribution in [1.29, 1.82) is 0 Å². The van der Waals surface area contributed by atoms with Crippen molar-refractivity contribution in [2.45, 2.75) is 6.92 Å². The second-order valence-corrected chi connectivity index (χ2v) is 4.83. The molecule has 0 atom stereocenters. The van der Waals surface area contributed by atoms with Gasteiger partial charge < -0.3 is 10.0 Å². The topological polar surface area (TPSA) is 66.2 Å². The van der Waals surface area contributed by atoms with Crippen molar-refractivity contribution in [3.8, 4) is 11.3 Å². The summed E-state index contributed by atoms with van der Waals surface area (Å²) in [6, 6.07) is 9.56. The van der Waals surface area contributed by atoms with Crippen LogP contribution in [-0.4, -0.2) is 27.1 Å². The number of hydrogen-bond acceptors (Lipinski definition) is 4. The highest BCUT2D eigenvalue weighted by atomic mass is 19.1. The fourth-order valence-electron chi connectivity index (χ4n) is 2.27. The molecule has 2 heterocycles. The third-order valence-electron chi connectivity index (χ3n) is 3.29. The van der Waals surface area contributed by atoms with Crippen LogP contribution in [-0.2, 0) is 0 Å². The van der Waals surface area contributed by atoms with Crippen LogP contribution < -0.4 is 5.46 Å². The van der Waals surface area contributed by atoms with Gasteiger partial charge in [-0.25, -0.2) is 14.4 Å². The molecule has 0 fully saturated rings. The summed E-state index contributed by atoms with van der Waals surface area (Å²) in [6.45, 7) is 1.85. The molecule has 4 nitrogen and oxygen atoms in total. The van der Waals surface area contributed by atoms with E-state index < -0.39 is 12.9 Å². The van der Waals surface area contributed by atoms with E-state index in [1.807, 2.05) is 6.92 Å². The van der Waals surface area contributed by atoms with Crippen molar-refractivity contribution in [2.75, 3.05) is 0 Å². The molecule has 3 aromatic rings. The first kappa shape index (κ1) is 13.7.